The molecule has 2 aliphatic rings. The molecule has 7 heteroatoms. The average Bonchev–Trinajstić information content (AvgIpc) is 2.39. The highest BCUT2D eigenvalue weighted by Gasteiger charge is 2.32. The van der Waals surface area contributed by atoms with Crippen LogP contribution >= 0.6 is 0 Å². The maximum atomic E-state index is 12.1. The highest BCUT2D eigenvalue weighted by molar-refractivity contribution is 7.85. The van der Waals surface area contributed by atoms with Gasteiger partial charge in [0.25, 0.3) is 0 Å². The van der Waals surface area contributed by atoms with Crippen molar-refractivity contribution in [2.75, 3.05) is 18.1 Å². The van der Waals surface area contributed by atoms with Gasteiger partial charge in [0.15, 0.2) is 0 Å². The van der Waals surface area contributed by atoms with Crippen molar-refractivity contribution in [2.24, 2.45) is 0 Å². The molecule has 0 bridgehead atoms. The van der Waals surface area contributed by atoms with Crippen molar-refractivity contribution in [2.45, 2.75) is 62.9 Å². The highest BCUT2D eigenvalue weighted by Crippen LogP contribution is 2.25. The molecule has 1 saturated heterocycles. The van der Waals surface area contributed by atoms with Gasteiger partial charge in [-0.05, 0) is 38.5 Å². The first kappa shape index (κ1) is 16.2. The van der Waals surface area contributed by atoms with Crippen LogP contribution in [-0.2, 0) is 15.5 Å². The number of rotatable bonds is 4. The standard InChI is InChI=1S/C13H22F3NO2S/c14-13(15,16)9-19-12-3-1-2-11(8-12)17-10-4-6-20(18)7-5-10/h10-12,17H,1-9H2. The fourth-order valence-corrected chi connectivity index (χ4v) is 4.25. The molecule has 118 valence electrons. The Bertz CT molecular complexity index is 328. The fraction of sp³-hybridized carbons (Fsp3) is 1.00. The number of nitrogens with one attached hydrogen (secondary N) is 1. The lowest BCUT2D eigenvalue weighted by Crippen LogP contribution is -2.45. The first-order valence-corrected chi connectivity index (χ1v) is 8.70. The molecule has 2 unspecified atom stereocenters. The van der Waals surface area contributed by atoms with E-state index in [-0.39, 0.29) is 12.1 Å². The van der Waals surface area contributed by atoms with Crippen molar-refractivity contribution in [1.29, 1.82) is 0 Å². The largest absolute Gasteiger partial charge is 0.411 e. The van der Waals surface area contributed by atoms with E-state index in [1.807, 2.05) is 0 Å². The quantitative estimate of drug-likeness (QED) is 0.866. The molecule has 0 aromatic rings. The normalized spacial score (nSPS) is 36.0. The SMILES string of the molecule is O=S1CCC(NC2CCCC(OCC(F)(F)F)C2)CC1. The van der Waals surface area contributed by atoms with Crippen molar-refractivity contribution >= 4 is 10.8 Å². The average molecular weight is 313 g/mol. The summed E-state index contributed by atoms with van der Waals surface area (Å²) in [6, 6.07) is 0.595. The molecule has 1 heterocycles. The number of hydrogen-bond acceptors (Lipinski definition) is 3. The van der Waals surface area contributed by atoms with Crippen LogP contribution in [0.25, 0.3) is 0 Å². The Morgan fingerprint density at radius 1 is 1.10 bits per heavy atom. The molecule has 1 aliphatic carbocycles. The van der Waals surface area contributed by atoms with Crippen molar-refractivity contribution in [3.05, 3.63) is 0 Å². The van der Waals surface area contributed by atoms with Crippen LogP contribution in [0.15, 0.2) is 0 Å². The third-order valence-corrected chi connectivity index (χ3v) is 5.35. The molecule has 0 aromatic carbocycles. The minimum atomic E-state index is -4.24. The number of halogens is 3. The number of ether oxygens (including phenoxy) is 1. The van der Waals surface area contributed by atoms with E-state index >= 15 is 0 Å². The van der Waals surface area contributed by atoms with Gasteiger partial charge in [0.1, 0.15) is 6.61 Å². The molecule has 1 saturated carbocycles. The lowest BCUT2D eigenvalue weighted by atomic mass is 9.92. The van der Waals surface area contributed by atoms with E-state index in [0.29, 0.717) is 18.9 Å². The van der Waals surface area contributed by atoms with Crippen LogP contribution in [0.4, 0.5) is 13.2 Å². The Kier molecular flexibility index (Phi) is 5.86. The van der Waals surface area contributed by atoms with Gasteiger partial charge in [-0.15, -0.1) is 0 Å². The maximum Gasteiger partial charge on any atom is 0.411 e. The minimum Gasteiger partial charge on any atom is -0.369 e. The summed E-state index contributed by atoms with van der Waals surface area (Å²) < 4.78 is 52.7. The van der Waals surface area contributed by atoms with E-state index in [2.05, 4.69) is 5.32 Å². The van der Waals surface area contributed by atoms with Gasteiger partial charge in [-0.25, -0.2) is 0 Å². The second kappa shape index (κ2) is 7.22. The number of hydrogen-bond donors (Lipinski definition) is 1. The molecule has 0 aromatic heterocycles. The molecule has 2 fully saturated rings. The zero-order valence-electron chi connectivity index (χ0n) is 11.5. The van der Waals surface area contributed by atoms with Gasteiger partial charge in [-0.1, -0.05) is 0 Å². The molecule has 20 heavy (non-hydrogen) atoms. The van der Waals surface area contributed by atoms with Gasteiger partial charge in [-0.2, -0.15) is 13.2 Å². The molecule has 0 amide bonds. The van der Waals surface area contributed by atoms with Crippen LogP contribution in [0.3, 0.4) is 0 Å². The summed E-state index contributed by atoms with van der Waals surface area (Å²) in [5.74, 6) is 1.47. The van der Waals surface area contributed by atoms with Crippen molar-refractivity contribution in [3.63, 3.8) is 0 Å². The topological polar surface area (TPSA) is 38.3 Å². The second-order valence-corrected chi connectivity index (χ2v) is 7.40. The van der Waals surface area contributed by atoms with Gasteiger partial charge >= 0.3 is 6.18 Å². The summed E-state index contributed by atoms with van der Waals surface area (Å²) in [4.78, 5) is 0. The van der Waals surface area contributed by atoms with Gasteiger partial charge in [0, 0.05) is 34.4 Å². The Labute approximate surface area is 120 Å². The van der Waals surface area contributed by atoms with Crippen molar-refractivity contribution in [1.82, 2.24) is 5.32 Å². The number of alkyl halides is 3. The predicted molar refractivity (Wildman–Crippen MR) is 72.1 cm³/mol. The first-order chi connectivity index (χ1) is 9.42. The van der Waals surface area contributed by atoms with Gasteiger partial charge in [-0.3, -0.25) is 4.21 Å². The van der Waals surface area contributed by atoms with Crippen LogP contribution < -0.4 is 5.32 Å². The van der Waals surface area contributed by atoms with Crippen LogP contribution in [0.2, 0.25) is 0 Å². The van der Waals surface area contributed by atoms with E-state index < -0.39 is 23.6 Å². The molecule has 1 aliphatic heterocycles. The van der Waals surface area contributed by atoms with Crippen LogP contribution in [0.1, 0.15) is 38.5 Å². The predicted octanol–water partition coefficient (Wildman–Crippen LogP) is 2.38. The summed E-state index contributed by atoms with van der Waals surface area (Å²) >= 11 is 0. The van der Waals surface area contributed by atoms with Crippen LogP contribution in [0.5, 0.6) is 0 Å². The smallest absolute Gasteiger partial charge is 0.369 e. The van der Waals surface area contributed by atoms with Gasteiger partial charge in [0.05, 0.1) is 6.10 Å². The van der Waals surface area contributed by atoms with Crippen LogP contribution in [0, 0.1) is 0 Å². The summed E-state index contributed by atoms with van der Waals surface area (Å²) in [6.45, 7) is -1.15. The minimum absolute atomic E-state index is 0.235. The summed E-state index contributed by atoms with van der Waals surface area (Å²) in [5.41, 5.74) is 0. The van der Waals surface area contributed by atoms with Crippen molar-refractivity contribution < 1.29 is 22.1 Å². The van der Waals surface area contributed by atoms with E-state index in [9.17, 15) is 17.4 Å². The van der Waals surface area contributed by atoms with E-state index in [1.54, 1.807) is 0 Å². The molecule has 1 N–H and O–H groups in total. The first-order valence-electron chi connectivity index (χ1n) is 7.22. The van der Waals surface area contributed by atoms with Crippen LogP contribution in [-0.4, -0.2) is 46.7 Å². The zero-order chi connectivity index (χ0) is 14.6. The van der Waals surface area contributed by atoms with Gasteiger partial charge < -0.3 is 10.1 Å². The van der Waals surface area contributed by atoms with Gasteiger partial charge in [0.2, 0.25) is 0 Å². The summed E-state index contributed by atoms with van der Waals surface area (Å²) in [5, 5.41) is 3.51. The molecule has 3 nitrogen and oxygen atoms in total. The Hall–Kier alpha value is -0.140. The molecule has 2 atom stereocenters. The van der Waals surface area contributed by atoms with E-state index in [4.69, 9.17) is 4.74 Å². The van der Waals surface area contributed by atoms with E-state index in [1.165, 1.54) is 0 Å². The monoisotopic (exact) mass is 313 g/mol. The third-order valence-electron chi connectivity index (χ3n) is 3.97. The van der Waals surface area contributed by atoms with E-state index in [0.717, 1.165) is 37.2 Å². The lowest BCUT2D eigenvalue weighted by molar-refractivity contribution is -0.188. The fourth-order valence-electron chi connectivity index (χ4n) is 2.95. The third kappa shape index (κ3) is 5.69. The molecule has 0 spiro atoms. The second-order valence-electron chi connectivity index (χ2n) is 5.70. The Morgan fingerprint density at radius 3 is 2.45 bits per heavy atom. The molecule has 0 radical (unpaired) electrons. The molecule has 2 rings (SSSR count). The molecular formula is C13H22F3NO2S. The molecular weight excluding hydrogens is 291 g/mol. The Morgan fingerprint density at radius 2 is 1.80 bits per heavy atom. The zero-order valence-corrected chi connectivity index (χ0v) is 12.3. The van der Waals surface area contributed by atoms with Crippen molar-refractivity contribution in [3.8, 4) is 0 Å². The lowest BCUT2D eigenvalue weighted by Gasteiger charge is -2.34. The summed E-state index contributed by atoms with van der Waals surface area (Å²) in [7, 11) is -0.677. The Balaban J connectivity index is 1.71. The highest BCUT2D eigenvalue weighted by atomic mass is 32.2. The maximum absolute atomic E-state index is 12.1. The summed E-state index contributed by atoms with van der Waals surface area (Å²) in [6.07, 6.45) is 0.520.